The summed E-state index contributed by atoms with van der Waals surface area (Å²) < 4.78 is 5.47. The molecule has 1 amide bonds. The van der Waals surface area contributed by atoms with Gasteiger partial charge in [0.2, 0.25) is 0 Å². The van der Waals surface area contributed by atoms with Gasteiger partial charge in [-0.3, -0.25) is 0 Å². The molecule has 1 aliphatic heterocycles. The molecule has 2 fully saturated rings. The zero-order valence-corrected chi connectivity index (χ0v) is 15.1. The molecule has 0 spiro atoms. The van der Waals surface area contributed by atoms with Crippen LogP contribution in [-0.4, -0.2) is 42.3 Å². The molecule has 1 saturated carbocycles. The van der Waals surface area contributed by atoms with Crippen molar-refractivity contribution in [2.75, 3.05) is 19.6 Å². The molecule has 128 valence electrons. The summed E-state index contributed by atoms with van der Waals surface area (Å²) in [6.07, 6.45) is 5.97. The summed E-state index contributed by atoms with van der Waals surface area (Å²) in [6.45, 7) is 13.1. The second-order valence-corrected chi connectivity index (χ2v) is 8.51. The molecule has 0 aromatic heterocycles. The van der Waals surface area contributed by atoms with Crippen LogP contribution in [0.25, 0.3) is 0 Å². The van der Waals surface area contributed by atoms with E-state index in [0.29, 0.717) is 11.5 Å². The van der Waals surface area contributed by atoms with E-state index < -0.39 is 5.60 Å². The second-order valence-electron chi connectivity index (χ2n) is 8.51. The first-order valence-corrected chi connectivity index (χ1v) is 8.94. The van der Waals surface area contributed by atoms with Gasteiger partial charge in [0.05, 0.1) is 0 Å². The number of nitrogens with zero attached hydrogens (tertiary/aromatic N) is 1. The van der Waals surface area contributed by atoms with E-state index >= 15 is 0 Å². The Bertz CT molecular complexity index is 377. The number of hydrogen-bond acceptors (Lipinski definition) is 3. The molecule has 2 rings (SSSR count). The maximum atomic E-state index is 12.1. The highest BCUT2D eigenvalue weighted by Crippen LogP contribution is 2.36. The molecule has 0 bridgehead atoms. The third-order valence-electron chi connectivity index (χ3n) is 5.04. The number of carbonyl (C=O) groups excluding carboxylic acids is 1. The van der Waals surface area contributed by atoms with E-state index in [0.717, 1.165) is 38.4 Å². The Morgan fingerprint density at radius 1 is 1.32 bits per heavy atom. The maximum absolute atomic E-state index is 12.1. The van der Waals surface area contributed by atoms with Crippen LogP contribution < -0.4 is 5.32 Å². The van der Waals surface area contributed by atoms with Gasteiger partial charge in [-0.15, -0.1) is 0 Å². The van der Waals surface area contributed by atoms with Crippen LogP contribution in [0, 0.1) is 11.3 Å². The number of piperidine rings is 1. The molecule has 22 heavy (non-hydrogen) atoms. The minimum atomic E-state index is -0.405. The second kappa shape index (κ2) is 6.77. The van der Waals surface area contributed by atoms with Gasteiger partial charge in [0.1, 0.15) is 5.60 Å². The smallest absolute Gasteiger partial charge is 0.410 e. The Morgan fingerprint density at radius 2 is 1.91 bits per heavy atom. The number of likely N-dealkylation sites (tertiary alicyclic amines) is 1. The van der Waals surface area contributed by atoms with Gasteiger partial charge in [-0.25, -0.2) is 4.79 Å². The van der Waals surface area contributed by atoms with Gasteiger partial charge < -0.3 is 15.0 Å². The van der Waals surface area contributed by atoms with Gasteiger partial charge in [-0.1, -0.05) is 13.8 Å². The quantitative estimate of drug-likeness (QED) is 0.839. The van der Waals surface area contributed by atoms with Crippen LogP contribution in [0.2, 0.25) is 0 Å². The summed E-state index contributed by atoms with van der Waals surface area (Å²) in [5.41, 5.74) is -0.0984. The van der Waals surface area contributed by atoms with E-state index in [-0.39, 0.29) is 6.09 Å². The minimum Gasteiger partial charge on any atom is -0.444 e. The molecule has 4 nitrogen and oxygen atoms in total. The average molecular weight is 310 g/mol. The first-order chi connectivity index (χ1) is 10.2. The monoisotopic (exact) mass is 310 g/mol. The van der Waals surface area contributed by atoms with Crippen LogP contribution >= 0.6 is 0 Å². The zero-order valence-electron chi connectivity index (χ0n) is 15.1. The summed E-state index contributed by atoms with van der Waals surface area (Å²) in [5.74, 6) is 0.912. The molecule has 0 aromatic carbocycles. The van der Waals surface area contributed by atoms with Crippen molar-refractivity contribution >= 4 is 6.09 Å². The van der Waals surface area contributed by atoms with E-state index in [1.54, 1.807) is 0 Å². The standard InChI is InChI=1S/C18H34N2O2/c1-6-15(14-7-8-14)19-13-18(5)9-11-20(12-10-18)16(21)22-17(2,3)4/h14-15,19H,6-13H2,1-5H3. The lowest BCUT2D eigenvalue weighted by Gasteiger charge is -2.40. The Labute approximate surface area is 136 Å². The number of amides is 1. The van der Waals surface area contributed by atoms with Crippen molar-refractivity contribution in [3.63, 3.8) is 0 Å². The van der Waals surface area contributed by atoms with Crippen molar-refractivity contribution < 1.29 is 9.53 Å². The number of nitrogens with one attached hydrogen (secondary N) is 1. The van der Waals surface area contributed by atoms with Crippen molar-refractivity contribution in [1.29, 1.82) is 0 Å². The van der Waals surface area contributed by atoms with Crippen LogP contribution in [0.15, 0.2) is 0 Å². The van der Waals surface area contributed by atoms with Crippen LogP contribution in [0.5, 0.6) is 0 Å². The number of carbonyl (C=O) groups is 1. The lowest BCUT2D eigenvalue weighted by molar-refractivity contribution is 0.0116. The van der Waals surface area contributed by atoms with Crippen molar-refractivity contribution in [3.8, 4) is 0 Å². The largest absolute Gasteiger partial charge is 0.444 e. The molecule has 1 aliphatic carbocycles. The van der Waals surface area contributed by atoms with E-state index in [9.17, 15) is 4.79 Å². The molecule has 4 heteroatoms. The van der Waals surface area contributed by atoms with Gasteiger partial charge in [-0.2, -0.15) is 0 Å². The molecular weight excluding hydrogens is 276 g/mol. The molecule has 0 aromatic rings. The fourth-order valence-electron chi connectivity index (χ4n) is 3.25. The average Bonchev–Trinajstić information content (AvgIpc) is 3.23. The lowest BCUT2D eigenvalue weighted by atomic mass is 9.80. The zero-order chi connectivity index (χ0) is 16.4. The summed E-state index contributed by atoms with van der Waals surface area (Å²) in [4.78, 5) is 14.0. The Balaban J connectivity index is 1.76. The molecule has 1 saturated heterocycles. The third-order valence-corrected chi connectivity index (χ3v) is 5.04. The number of hydrogen-bond donors (Lipinski definition) is 1. The number of rotatable bonds is 5. The highest BCUT2D eigenvalue weighted by molar-refractivity contribution is 5.68. The summed E-state index contributed by atoms with van der Waals surface area (Å²) >= 11 is 0. The normalized spacial score (nSPS) is 23.2. The summed E-state index contributed by atoms with van der Waals surface area (Å²) in [6, 6.07) is 0.695. The SMILES string of the molecule is CCC(NCC1(C)CCN(C(=O)OC(C)(C)C)CC1)C1CC1. The lowest BCUT2D eigenvalue weighted by Crippen LogP contribution is -2.48. The Morgan fingerprint density at radius 3 is 2.36 bits per heavy atom. The molecule has 2 aliphatic rings. The third kappa shape index (κ3) is 5.15. The highest BCUT2D eigenvalue weighted by Gasteiger charge is 2.35. The van der Waals surface area contributed by atoms with Crippen molar-refractivity contribution in [1.82, 2.24) is 10.2 Å². The van der Waals surface area contributed by atoms with E-state index in [1.165, 1.54) is 19.3 Å². The van der Waals surface area contributed by atoms with Crippen LogP contribution in [0.3, 0.4) is 0 Å². The maximum Gasteiger partial charge on any atom is 0.410 e. The Kier molecular flexibility index (Phi) is 5.41. The molecule has 1 heterocycles. The molecule has 1 N–H and O–H groups in total. The van der Waals surface area contributed by atoms with Gasteiger partial charge in [-0.05, 0) is 64.2 Å². The highest BCUT2D eigenvalue weighted by atomic mass is 16.6. The fraction of sp³-hybridized carbons (Fsp3) is 0.944. The summed E-state index contributed by atoms with van der Waals surface area (Å²) in [7, 11) is 0. The topological polar surface area (TPSA) is 41.6 Å². The predicted molar refractivity (Wildman–Crippen MR) is 90.0 cm³/mol. The van der Waals surface area contributed by atoms with Crippen molar-refractivity contribution in [2.45, 2.75) is 78.4 Å². The minimum absolute atomic E-state index is 0.160. The first-order valence-electron chi connectivity index (χ1n) is 8.94. The Hall–Kier alpha value is -0.770. The van der Waals surface area contributed by atoms with E-state index in [4.69, 9.17) is 4.74 Å². The van der Waals surface area contributed by atoms with E-state index in [2.05, 4.69) is 19.2 Å². The predicted octanol–water partition coefficient (Wildman–Crippen LogP) is 3.80. The van der Waals surface area contributed by atoms with Crippen LogP contribution in [-0.2, 0) is 4.74 Å². The molecule has 1 unspecified atom stereocenters. The van der Waals surface area contributed by atoms with Crippen LogP contribution in [0.1, 0.15) is 66.7 Å². The van der Waals surface area contributed by atoms with Gasteiger partial charge in [0.25, 0.3) is 0 Å². The fourth-order valence-corrected chi connectivity index (χ4v) is 3.25. The van der Waals surface area contributed by atoms with E-state index in [1.807, 2.05) is 25.7 Å². The summed E-state index contributed by atoms with van der Waals surface area (Å²) in [5, 5.41) is 3.79. The van der Waals surface area contributed by atoms with Gasteiger partial charge >= 0.3 is 6.09 Å². The van der Waals surface area contributed by atoms with Crippen LogP contribution in [0.4, 0.5) is 4.79 Å². The van der Waals surface area contributed by atoms with Gasteiger partial charge in [0, 0.05) is 25.7 Å². The van der Waals surface area contributed by atoms with Gasteiger partial charge in [0.15, 0.2) is 0 Å². The first kappa shape index (κ1) is 17.6. The molecule has 1 atom stereocenters. The number of ether oxygens (including phenoxy) is 1. The van der Waals surface area contributed by atoms with Crippen molar-refractivity contribution in [3.05, 3.63) is 0 Å². The van der Waals surface area contributed by atoms with Crippen molar-refractivity contribution in [2.24, 2.45) is 11.3 Å². The molecule has 0 radical (unpaired) electrons. The molecular formula is C18H34N2O2.